The van der Waals surface area contributed by atoms with Crippen LogP contribution < -0.4 is 20.1 Å². The van der Waals surface area contributed by atoms with Crippen molar-refractivity contribution in [2.75, 3.05) is 24.8 Å². The molecule has 4 nitrogen and oxygen atoms in total. The normalized spacial score (nSPS) is 27.3. The highest BCUT2D eigenvalue weighted by Gasteiger charge is 2.23. The number of nitrogens with two attached hydrogens (primary N) is 1. The van der Waals surface area contributed by atoms with Crippen molar-refractivity contribution in [3.63, 3.8) is 0 Å². The largest absolute Gasteiger partial charge is 0.454 e. The summed E-state index contributed by atoms with van der Waals surface area (Å²) in [5, 5.41) is 0. The van der Waals surface area contributed by atoms with E-state index in [1.807, 2.05) is 12.1 Å². The van der Waals surface area contributed by atoms with Crippen molar-refractivity contribution >= 4 is 5.69 Å². The Hall–Kier alpha value is -1.42. The molecule has 17 heavy (non-hydrogen) atoms. The van der Waals surface area contributed by atoms with E-state index in [4.69, 9.17) is 15.2 Å². The van der Waals surface area contributed by atoms with Crippen molar-refractivity contribution in [3.05, 3.63) is 18.2 Å². The molecule has 1 saturated heterocycles. The Kier molecular flexibility index (Phi) is 2.59. The smallest absolute Gasteiger partial charge is 0.231 e. The molecule has 0 spiro atoms. The summed E-state index contributed by atoms with van der Waals surface area (Å²) in [5.74, 6) is 2.32. The van der Waals surface area contributed by atoms with Crippen molar-refractivity contribution in [2.45, 2.75) is 19.4 Å². The number of hydrogen-bond acceptors (Lipinski definition) is 4. The molecule has 3 rings (SSSR count). The van der Waals surface area contributed by atoms with Crippen LogP contribution in [0.15, 0.2) is 18.2 Å². The minimum absolute atomic E-state index is 0.268. The zero-order valence-electron chi connectivity index (χ0n) is 10.1. The van der Waals surface area contributed by atoms with Gasteiger partial charge in [0.25, 0.3) is 0 Å². The standard InChI is InChI=1S/C13H18N2O2/c1-9-4-10(14)7-15(6-9)11-2-3-12-13(5-11)17-8-16-12/h2-3,5,9-10H,4,6-8,14H2,1H3. The molecule has 2 heterocycles. The Morgan fingerprint density at radius 1 is 1.24 bits per heavy atom. The molecule has 4 heteroatoms. The first kappa shape index (κ1) is 10.7. The van der Waals surface area contributed by atoms with Gasteiger partial charge in [0.1, 0.15) is 0 Å². The topological polar surface area (TPSA) is 47.7 Å². The van der Waals surface area contributed by atoms with Crippen LogP contribution in [0.1, 0.15) is 13.3 Å². The quantitative estimate of drug-likeness (QED) is 0.801. The maximum atomic E-state index is 6.07. The van der Waals surface area contributed by atoms with E-state index in [0.29, 0.717) is 12.7 Å². The second-order valence-electron chi connectivity index (χ2n) is 5.04. The summed E-state index contributed by atoms with van der Waals surface area (Å²) in [6.07, 6.45) is 1.11. The minimum atomic E-state index is 0.268. The second kappa shape index (κ2) is 4.11. The number of fused-ring (bicyclic) bond motifs is 1. The molecular formula is C13H18N2O2. The monoisotopic (exact) mass is 234 g/mol. The fraction of sp³-hybridized carbons (Fsp3) is 0.538. The van der Waals surface area contributed by atoms with Gasteiger partial charge in [-0.3, -0.25) is 0 Å². The van der Waals surface area contributed by atoms with E-state index in [0.717, 1.165) is 31.0 Å². The molecule has 0 aromatic heterocycles. The van der Waals surface area contributed by atoms with Crippen LogP contribution in [0, 0.1) is 5.92 Å². The third kappa shape index (κ3) is 2.05. The van der Waals surface area contributed by atoms with Gasteiger partial charge in [-0.25, -0.2) is 0 Å². The van der Waals surface area contributed by atoms with Gasteiger partial charge in [0.15, 0.2) is 11.5 Å². The lowest BCUT2D eigenvalue weighted by atomic mass is 9.96. The average Bonchev–Trinajstić information content (AvgIpc) is 2.74. The van der Waals surface area contributed by atoms with Crippen LogP contribution in [0.25, 0.3) is 0 Å². The van der Waals surface area contributed by atoms with E-state index in [1.54, 1.807) is 0 Å². The Labute approximate surface area is 101 Å². The summed E-state index contributed by atoms with van der Waals surface area (Å²) < 4.78 is 10.7. The highest BCUT2D eigenvalue weighted by Crippen LogP contribution is 2.36. The van der Waals surface area contributed by atoms with Crippen LogP contribution >= 0.6 is 0 Å². The van der Waals surface area contributed by atoms with Gasteiger partial charge in [0, 0.05) is 30.9 Å². The number of nitrogens with zero attached hydrogens (tertiary/aromatic N) is 1. The Balaban J connectivity index is 1.83. The van der Waals surface area contributed by atoms with Gasteiger partial charge >= 0.3 is 0 Å². The average molecular weight is 234 g/mol. The number of ether oxygens (including phenoxy) is 2. The summed E-state index contributed by atoms with van der Waals surface area (Å²) in [6, 6.07) is 6.37. The lowest BCUT2D eigenvalue weighted by Crippen LogP contribution is -2.46. The van der Waals surface area contributed by atoms with Crippen LogP contribution in [0.3, 0.4) is 0 Å². The first-order valence-corrected chi connectivity index (χ1v) is 6.12. The van der Waals surface area contributed by atoms with Gasteiger partial charge in [0.05, 0.1) is 0 Å². The van der Waals surface area contributed by atoms with Crippen LogP contribution in [0.4, 0.5) is 5.69 Å². The van der Waals surface area contributed by atoms with Gasteiger partial charge in [-0.15, -0.1) is 0 Å². The SMILES string of the molecule is CC1CC(N)CN(c2ccc3c(c2)OCO3)C1. The van der Waals surface area contributed by atoms with Gasteiger partial charge < -0.3 is 20.1 Å². The first-order valence-electron chi connectivity index (χ1n) is 6.12. The highest BCUT2D eigenvalue weighted by molar-refractivity contribution is 5.57. The molecule has 0 aliphatic carbocycles. The lowest BCUT2D eigenvalue weighted by Gasteiger charge is -2.36. The van der Waals surface area contributed by atoms with Gasteiger partial charge in [-0.1, -0.05) is 6.92 Å². The third-order valence-electron chi connectivity index (χ3n) is 3.41. The maximum absolute atomic E-state index is 6.07. The van der Waals surface area contributed by atoms with Gasteiger partial charge in [0.2, 0.25) is 6.79 Å². The summed E-state index contributed by atoms with van der Waals surface area (Å²) in [5.41, 5.74) is 7.25. The number of benzene rings is 1. The lowest BCUT2D eigenvalue weighted by molar-refractivity contribution is 0.174. The first-order chi connectivity index (χ1) is 8.22. The summed E-state index contributed by atoms with van der Waals surface area (Å²) >= 11 is 0. The number of piperidine rings is 1. The van der Waals surface area contributed by atoms with E-state index in [9.17, 15) is 0 Å². The van der Waals surface area contributed by atoms with E-state index in [-0.39, 0.29) is 6.04 Å². The maximum Gasteiger partial charge on any atom is 0.231 e. The summed E-state index contributed by atoms with van der Waals surface area (Å²) in [7, 11) is 0. The summed E-state index contributed by atoms with van der Waals surface area (Å²) in [6.45, 7) is 4.56. The zero-order valence-corrected chi connectivity index (χ0v) is 10.1. The number of rotatable bonds is 1. The van der Waals surface area contributed by atoms with Crippen molar-refractivity contribution in [3.8, 4) is 11.5 Å². The van der Waals surface area contributed by atoms with Gasteiger partial charge in [-0.05, 0) is 24.5 Å². The Morgan fingerprint density at radius 2 is 2.06 bits per heavy atom. The van der Waals surface area contributed by atoms with Gasteiger partial charge in [-0.2, -0.15) is 0 Å². The highest BCUT2D eigenvalue weighted by atomic mass is 16.7. The minimum Gasteiger partial charge on any atom is -0.454 e. The Bertz CT molecular complexity index is 412. The van der Waals surface area contributed by atoms with Crippen LogP contribution in [0.2, 0.25) is 0 Å². The fourth-order valence-corrected chi connectivity index (χ4v) is 2.69. The molecule has 2 aliphatic heterocycles. The van der Waals surface area contributed by atoms with Crippen LogP contribution in [-0.2, 0) is 0 Å². The van der Waals surface area contributed by atoms with E-state index < -0.39 is 0 Å². The van der Waals surface area contributed by atoms with Crippen molar-refractivity contribution < 1.29 is 9.47 Å². The third-order valence-corrected chi connectivity index (χ3v) is 3.41. The molecule has 1 fully saturated rings. The molecule has 2 N–H and O–H groups in total. The molecule has 0 amide bonds. The van der Waals surface area contributed by atoms with E-state index in [2.05, 4.69) is 17.9 Å². The predicted molar refractivity (Wildman–Crippen MR) is 66.5 cm³/mol. The summed E-state index contributed by atoms with van der Waals surface area (Å²) in [4.78, 5) is 2.33. The van der Waals surface area contributed by atoms with E-state index >= 15 is 0 Å². The van der Waals surface area contributed by atoms with Crippen molar-refractivity contribution in [1.82, 2.24) is 0 Å². The molecule has 2 atom stereocenters. The number of hydrogen-bond donors (Lipinski definition) is 1. The molecule has 1 aromatic rings. The Morgan fingerprint density at radius 3 is 2.88 bits per heavy atom. The molecule has 92 valence electrons. The molecule has 0 saturated carbocycles. The predicted octanol–water partition coefficient (Wildman–Crippen LogP) is 1.59. The molecule has 2 aliphatic rings. The fourth-order valence-electron chi connectivity index (χ4n) is 2.69. The number of anilines is 1. The molecule has 2 unspecified atom stereocenters. The van der Waals surface area contributed by atoms with Crippen molar-refractivity contribution in [2.24, 2.45) is 11.7 Å². The molecular weight excluding hydrogens is 216 g/mol. The van der Waals surface area contributed by atoms with Crippen LogP contribution in [0.5, 0.6) is 11.5 Å². The zero-order chi connectivity index (χ0) is 11.8. The molecule has 1 aromatic carbocycles. The second-order valence-corrected chi connectivity index (χ2v) is 5.04. The van der Waals surface area contributed by atoms with Crippen LogP contribution in [-0.4, -0.2) is 25.9 Å². The molecule has 0 bridgehead atoms. The van der Waals surface area contributed by atoms with E-state index in [1.165, 1.54) is 5.69 Å². The molecule has 0 radical (unpaired) electrons. The van der Waals surface area contributed by atoms with Crippen molar-refractivity contribution in [1.29, 1.82) is 0 Å².